The molecule has 1 heterocycles. The second-order valence-electron chi connectivity index (χ2n) is 8.35. The lowest BCUT2D eigenvalue weighted by Gasteiger charge is -2.11. The van der Waals surface area contributed by atoms with E-state index in [1.54, 1.807) is 49.5 Å². The number of halogens is 3. The Kier molecular flexibility index (Phi) is 7.62. The van der Waals surface area contributed by atoms with Gasteiger partial charge in [0.15, 0.2) is 0 Å². The summed E-state index contributed by atoms with van der Waals surface area (Å²) in [4.78, 5) is 33.6. The van der Waals surface area contributed by atoms with Crippen LogP contribution in [0.3, 0.4) is 0 Å². The van der Waals surface area contributed by atoms with E-state index in [-0.39, 0.29) is 23.6 Å². The van der Waals surface area contributed by atoms with Crippen molar-refractivity contribution in [2.45, 2.75) is 25.9 Å². The molecule has 4 rings (SSSR count). The third kappa shape index (κ3) is 7.00. The number of rotatable bonds is 7. The number of alkyl halides is 3. The maximum absolute atomic E-state index is 12.9. The number of benzene rings is 3. The van der Waals surface area contributed by atoms with Gasteiger partial charge in [-0.1, -0.05) is 30.3 Å². The van der Waals surface area contributed by atoms with Gasteiger partial charge in [-0.3, -0.25) is 9.59 Å². The zero-order valence-corrected chi connectivity index (χ0v) is 19.8. The SMILES string of the molecule is Cc1nccc(-c2cccc(NC(=O)CCc3cccc(C(=O)Nc4cccc(C(F)(F)F)c4)c3)c2)n1. The van der Waals surface area contributed by atoms with Crippen LogP contribution in [0.4, 0.5) is 24.5 Å². The number of aryl methyl sites for hydroxylation is 2. The Bertz CT molecular complexity index is 1440. The zero-order chi connectivity index (χ0) is 26.4. The number of amides is 2. The van der Waals surface area contributed by atoms with Gasteiger partial charge in [0.1, 0.15) is 5.82 Å². The predicted octanol–water partition coefficient (Wildman–Crippen LogP) is 6.29. The zero-order valence-electron chi connectivity index (χ0n) is 19.8. The van der Waals surface area contributed by atoms with Crippen LogP contribution in [-0.4, -0.2) is 21.8 Å². The molecule has 0 saturated carbocycles. The van der Waals surface area contributed by atoms with E-state index in [0.29, 0.717) is 17.9 Å². The molecule has 37 heavy (non-hydrogen) atoms. The van der Waals surface area contributed by atoms with Crippen LogP contribution in [0.5, 0.6) is 0 Å². The van der Waals surface area contributed by atoms with E-state index in [1.807, 2.05) is 18.2 Å². The van der Waals surface area contributed by atoms with Crippen molar-refractivity contribution in [3.8, 4) is 11.3 Å². The van der Waals surface area contributed by atoms with E-state index >= 15 is 0 Å². The molecule has 2 amide bonds. The first-order valence-corrected chi connectivity index (χ1v) is 11.4. The van der Waals surface area contributed by atoms with Crippen molar-refractivity contribution in [1.82, 2.24) is 9.97 Å². The van der Waals surface area contributed by atoms with Crippen LogP contribution >= 0.6 is 0 Å². The number of carbonyl (C=O) groups excluding carboxylic acids is 2. The fourth-order valence-corrected chi connectivity index (χ4v) is 3.70. The number of nitrogens with one attached hydrogen (secondary N) is 2. The summed E-state index contributed by atoms with van der Waals surface area (Å²) in [5.74, 6) is -0.0880. The number of hydrogen-bond acceptors (Lipinski definition) is 4. The van der Waals surface area contributed by atoms with Crippen LogP contribution in [-0.2, 0) is 17.4 Å². The van der Waals surface area contributed by atoms with Crippen molar-refractivity contribution in [3.63, 3.8) is 0 Å². The monoisotopic (exact) mass is 504 g/mol. The highest BCUT2D eigenvalue weighted by atomic mass is 19.4. The topological polar surface area (TPSA) is 84.0 Å². The van der Waals surface area contributed by atoms with E-state index in [1.165, 1.54) is 12.1 Å². The van der Waals surface area contributed by atoms with Crippen molar-refractivity contribution in [2.24, 2.45) is 0 Å². The first-order valence-electron chi connectivity index (χ1n) is 11.4. The number of carbonyl (C=O) groups is 2. The minimum atomic E-state index is -4.50. The molecule has 2 N–H and O–H groups in total. The summed E-state index contributed by atoms with van der Waals surface area (Å²) in [6.45, 7) is 1.80. The summed E-state index contributed by atoms with van der Waals surface area (Å²) >= 11 is 0. The summed E-state index contributed by atoms with van der Waals surface area (Å²) < 4.78 is 38.8. The van der Waals surface area contributed by atoms with Gasteiger partial charge < -0.3 is 10.6 Å². The van der Waals surface area contributed by atoms with Crippen LogP contribution in [0.25, 0.3) is 11.3 Å². The lowest BCUT2D eigenvalue weighted by molar-refractivity contribution is -0.137. The first kappa shape index (κ1) is 25.6. The van der Waals surface area contributed by atoms with Crippen molar-refractivity contribution in [2.75, 3.05) is 10.6 Å². The molecule has 1 aromatic heterocycles. The fraction of sp³-hybridized carbons (Fsp3) is 0.143. The van der Waals surface area contributed by atoms with E-state index < -0.39 is 17.6 Å². The summed E-state index contributed by atoms with van der Waals surface area (Å²) in [5, 5.41) is 5.36. The van der Waals surface area contributed by atoms with Crippen molar-refractivity contribution in [3.05, 3.63) is 108 Å². The molecule has 0 aliphatic rings. The third-order valence-electron chi connectivity index (χ3n) is 5.50. The Balaban J connectivity index is 1.36. The maximum Gasteiger partial charge on any atom is 0.416 e. The van der Waals surface area contributed by atoms with Crippen LogP contribution in [0, 0.1) is 6.92 Å². The van der Waals surface area contributed by atoms with Crippen molar-refractivity contribution in [1.29, 1.82) is 0 Å². The Morgan fingerprint density at radius 3 is 2.35 bits per heavy atom. The molecule has 3 aromatic carbocycles. The molecule has 6 nitrogen and oxygen atoms in total. The Morgan fingerprint density at radius 2 is 1.59 bits per heavy atom. The number of aromatic nitrogens is 2. The molecule has 0 fully saturated rings. The van der Waals surface area contributed by atoms with Gasteiger partial charge in [-0.15, -0.1) is 0 Å². The van der Waals surface area contributed by atoms with E-state index in [9.17, 15) is 22.8 Å². The maximum atomic E-state index is 12.9. The van der Waals surface area contributed by atoms with Crippen LogP contribution in [0.2, 0.25) is 0 Å². The molecule has 0 aliphatic carbocycles. The molecule has 0 spiro atoms. The fourth-order valence-electron chi connectivity index (χ4n) is 3.70. The molecule has 0 atom stereocenters. The number of nitrogens with zero attached hydrogens (tertiary/aromatic N) is 2. The van der Waals surface area contributed by atoms with Gasteiger partial charge in [-0.05, 0) is 67.4 Å². The van der Waals surface area contributed by atoms with Crippen LogP contribution in [0.15, 0.2) is 85.1 Å². The largest absolute Gasteiger partial charge is 0.416 e. The Morgan fingerprint density at radius 1 is 0.865 bits per heavy atom. The summed E-state index contributed by atoms with van der Waals surface area (Å²) in [6.07, 6.45) is -2.27. The summed E-state index contributed by atoms with van der Waals surface area (Å²) in [7, 11) is 0. The summed E-state index contributed by atoms with van der Waals surface area (Å²) in [5.41, 5.74) is 2.46. The smallest absolute Gasteiger partial charge is 0.326 e. The van der Waals surface area contributed by atoms with Gasteiger partial charge in [-0.25, -0.2) is 9.97 Å². The molecular weight excluding hydrogens is 481 g/mol. The minimum Gasteiger partial charge on any atom is -0.326 e. The van der Waals surface area contributed by atoms with E-state index in [2.05, 4.69) is 20.6 Å². The van der Waals surface area contributed by atoms with Crippen molar-refractivity contribution < 1.29 is 22.8 Å². The predicted molar refractivity (Wildman–Crippen MR) is 135 cm³/mol. The van der Waals surface area contributed by atoms with Crippen molar-refractivity contribution >= 4 is 23.2 Å². The average Bonchev–Trinajstić information content (AvgIpc) is 2.87. The second-order valence-corrected chi connectivity index (χ2v) is 8.35. The quantitative estimate of drug-likeness (QED) is 0.310. The first-order chi connectivity index (χ1) is 17.7. The molecular formula is C28H23F3N4O2. The molecule has 9 heteroatoms. The third-order valence-corrected chi connectivity index (χ3v) is 5.50. The molecule has 188 valence electrons. The van der Waals surface area contributed by atoms with E-state index in [4.69, 9.17) is 0 Å². The van der Waals surface area contributed by atoms with Gasteiger partial charge in [0.25, 0.3) is 5.91 Å². The average molecular weight is 505 g/mol. The number of hydrogen-bond donors (Lipinski definition) is 2. The Hall–Kier alpha value is -4.53. The summed E-state index contributed by atoms with van der Waals surface area (Å²) in [6, 6.07) is 20.2. The second kappa shape index (κ2) is 11.0. The van der Waals surface area contributed by atoms with E-state index in [0.717, 1.165) is 29.0 Å². The van der Waals surface area contributed by atoms with Crippen LogP contribution < -0.4 is 10.6 Å². The normalized spacial score (nSPS) is 11.1. The number of anilines is 2. The highest BCUT2D eigenvalue weighted by Gasteiger charge is 2.30. The van der Waals surface area contributed by atoms with Gasteiger partial charge in [0, 0.05) is 35.1 Å². The standard InChI is InChI=1S/C28H23F3N4O2/c1-18-32-14-13-25(33-18)20-6-3-9-23(16-20)34-26(36)12-11-19-5-2-7-21(15-19)27(37)35-24-10-4-8-22(17-24)28(29,30)31/h2-10,13-17H,11-12H2,1H3,(H,34,36)(H,35,37). The molecule has 0 saturated heterocycles. The Labute approximate surface area is 211 Å². The van der Waals surface area contributed by atoms with Gasteiger partial charge >= 0.3 is 6.18 Å². The molecule has 4 aromatic rings. The minimum absolute atomic E-state index is 0.0453. The molecule has 0 aliphatic heterocycles. The molecule has 0 radical (unpaired) electrons. The van der Waals surface area contributed by atoms with Gasteiger partial charge in [0.05, 0.1) is 11.3 Å². The van der Waals surface area contributed by atoms with Gasteiger partial charge in [-0.2, -0.15) is 13.2 Å². The molecule has 0 unspecified atom stereocenters. The molecule has 0 bridgehead atoms. The van der Waals surface area contributed by atoms with Gasteiger partial charge in [0.2, 0.25) is 5.91 Å². The highest BCUT2D eigenvalue weighted by Crippen LogP contribution is 2.30. The highest BCUT2D eigenvalue weighted by molar-refractivity contribution is 6.04. The lowest BCUT2D eigenvalue weighted by Crippen LogP contribution is -2.14. The lowest BCUT2D eigenvalue weighted by atomic mass is 10.1. The van der Waals surface area contributed by atoms with Crippen LogP contribution in [0.1, 0.15) is 33.7 Å².